The number of carbonyl (C=O) groups is 3. The van der Waals surface area contributed by atoms with Crippen molar-refractivity contribution in [3.05, 3.63) is 29.1 Å². The number of esters is 2. The highest BCUT2D eigenvalue weighted by atomic mass is 16.6. The fourth-order valence-electron chi connectivity index (χ4n) is 1.77. The number of amides is 1. The standard InChI is InChI=1S/C16H22N2O6/c1-16(2,3)24-15(21)17-7-6-10-8-11(13(19)22-4)18-12(9-10)14(20)23-5/h8-9H,6-7H2,1-5H3,(H,17,21). The second kappa shape index (κ2) is 8.28. The largest absolute Gasteiger partial charge is 0.464 e. The number of nitrogens with one attached hydrogen (secondary N) is 1. The first-order valence-corrected chi connectivity index (χ1v) is 7.30. The van der Waals surface area contributed by atoms with Crippen molar-refractivity contribution in [1.29, 1.82) is 0 Å². The average Bonchev–Trinajstić information content (AvgIpc) is 2.51. The van der Waals surface area contributed by atoms with Crippen LogP contribution < -0.4 is 5.32 Å². The molecule has 0 aliphatic carbocycles. The summed E-state index contributed by atoms with van der Waals surface area (Å²) >= 11 is 0. The van der Waals surface area contributed by atoms with Crippen LogP contribution in [0.25, 0.3) is 0 Å². The lowest BCUT2D eigenvalue weighted by Crippen LogP contribution is -2.33. The molecule has 0 fully saturated rings. The van der Waals surface area contributed by atoms with Crippen molar-refractivity contribution in [3.63, 3.8) is 0 Å². The molecule has 1 N–H and O–H groups in total. The van der Waals surface area contributed by atoms with Gasteiger partial charge in [-0.1, -0.05) is 0 Å². The van der Waals surface area contributed by atoms with Crippen LogP contribution in [0.2, 0.25) is 0 Å². The van der Waals surface area contributed by atoms with E-state index in [2.05, 4.69) is 19.8 Å². The minimum Gasteiger partial charge on any atom is -0.464 e. The van der Waals surface area contributed by atoms with E-state index < -0.39 is 23.6 Å². The van der Waals surface area contributed by atoms with Crippen molar-refractivity contribution in [3.8, 4) is 0 Å². The van der Waals surface area contributed by atoms with Gasteiger partial charge in [-0.15, -0.1) is 0 Å². The average molecular weight is 338 g/mol. The van der Waals surface area contributed by atoms with Gasteiger partial charge in [0, 0.05) is 6.54 Å². The highest BCUT2D eigenvalue weighted by Crippen LogP contribution is 2.10. The second-order valence-electron chi connectivity index (χ2n) is 5.91. The van der Waals surface area contributed by atoms with E-state index in [4.69, 9.17) is 4.74 Å². The number of methoxy groups -OCH3 is 2. The Hall–Kier alpha value is -2.64. The molecule has 1 amide bonds. The van der Waals surface area contributed by atoms with Crippen LogP contribution in [0.5, 0.6) is 0 Å². The predicted octanol–water partition coefficient (Wildman–Crippen LogP) is 1.72. The third kappa shape index (κ3) is 6.23. The van der Waals surface area contributed by atoms with Crippen LogP contribution in [0.4, 0.5) is 4.79 Å². The third-order valence-electron chi connectivity index (χ3n) is 2.76. The molecule has 8 heteroatoms. The topological polar surface area (TPSA) is 104 Å². The molecule has 0 bridgehead atoms. The number of carbonyl (C=O) groups excluding carboxylic acids is 3. The molecule has 0 saturated carbocycles. The first-order chi connectivity index (χ1) is 11.2. The van der Waals surface area contributed by atoms with Crippen molar-refractivity contribution in [1.82, 2.24) is 10.3 Å². The van der Waals surface area contributed by atoms with Gasteiger partial charge in [0.25, 0.3) is 0 Å². The summed E-state index contributed by atoms with van der Waals surface area (Å²) in [7, 11) is 2.44. The van der Waals surface area contributed by atoms with E-state index in [1.807, 2.05) is 0 Å². The maximum atomic E-state index is 11.6. The first-order valence-electron chi connectivity index (χ1n) is 7.30. The summed E-state index contributed by atoms with van der Waals surface area (Å²) < 4.78 is 14.4. The molecule has 0 atom stereocenters. The van der Waals surface area contributed by atoms with Crippen LogP contribution in [0, 0.1) is 0 Å². The van der Waals surface area contributed by atoms with Crippen LogP contribution in [-0.4, -0.2) is 49.4 Å². The zero-order valence-electron chi connectivity index (χ0n) is 14.5. The summed E-state index contributed by atoms with van der Waals surface area (Å²) in [6, 6.07) is 2.99. The normalized spacial score (nSPS) is 10.7. The van der Waals surface area contributed by atoms with E-state index in [-0.39, 0.29) is 17.9 Å². The monoisotopic (exact) mass is 338 g/mol. The number of hydrogen-bond acceptors (Lipinski definition) is 7. The molecule has 24 heavy (non-hydrogen) atoms. The van der Waals surface area contributed by atoms with E-state index in [1.54, 1.807) is 20.8 Å². The van der Waals surface area contributed by atoms with Crippen molar-refractivity contribution in [2.24, 2.45) is 0 Å². The van der Waals surface area contributed by atoms with Gasteiger partial charge in [0.2, 0.25) is 0 Å². The summed E-state index contributed by atoms with van der Waals surface area (Å²) in [4.78, 5) is 38.8. The lowest BCUT2D eigenvalue weighted by Gasteiger charge is -2.19. The van der Waals surface area contributed by atoms with E-state index in [1.165, 1.54) is 26.4 Å². The van der Waals surface area contributed by atoms with Crippen LogP contribution in [0.15, 0.2) is 12.1 Å². The fraction of sp³-hybridized carbons (Fsp3) is 0.500. The van der Waals surface area contributed by atoms with Gasteiger partial charge in [0.15, 0.2) is 0 Å². The molecule has 0 aliphatic heterocycles. The van der Waals surface area contributed by atoms with Gasteiger partial charge < -0.3 is 19.5 Å². The number of alkyl carbamates (subject to hydrolysis) is 1. The molecule has 8 nitrogen and oxygen atoms in total. The van der Waals surface area contributed by atoms with Crippen molar-refractivity contribution < 1.29 is 28.6 Å². The Morgan fingerprint density at radius 2 is 1.54 bits per heavy atom. The second-order valence-corrected chi connectivity index (χ2v) is 5.91. The van der Waals surface area contributed by atoms with E-state index in [9.17, 15) is 14.4 Å². The highest BCUT2D eigenvalue weighted by molar-refractivity contribution is 5.91. The van der Waals surface area contributed by atoms with Crippen LogP contribution in [0.1, 0.15) is 47.3 Å². The van der Waals surface area contributed by atoms with E-state index in [0.717, 1.165) is 0 Å². The van der Waals surface area contributed by atoms with Gasteiger partial charge in [-0.2, -0.15) is 0 Å². The van der Waals surface area contributed by atoms with Crippen LogP contribution >= 0.6 is 0 Å². The molecular formula is C16H22N2O6. The summed E-state index contributed by atoms with van der Waals surface area (Å²) in [5.74, 6) is -1.33. The Bertz CT molecular complexity index is 587. The molecule has 0 spiro atoms. The lowest BCUT2D eigenvalue weighted by molar-refractivity contribution is 0.0524. The third-order valence-corrected chi connectivity index (χ3v) is 2.76. The smallest absolute Gasteiger partial charge is 0.407 e. The van der Waals surface area contributed by atoms with Gasteiger partial charge >= 0.3 is 18.0 Å². The van der Waals surface area contributed by atoms with Crippen molar-refractivity contribution >= 4 is 18.0 Å². The molecule has 1 heterocycles. The van der Waals surface area contributed by atoms with Crippen molar-refractivity contribution in [2.45, 2.75) is 32.8 Å². The van der Waals surface area contributed by atoms with Gasteiger partial charge in [0.05, 0.1) is 14.2 Å². The Morgan fingerprint density at radius 3 is 1.96 bits per heavy atom. The molecule has 132 valence electrons. The molecule has 0 aromatic carbocycles. The Balaban J connectivity index is 2.81. The number of nitrogens with zero attached hydrogens (tertiary/aromatic N) is 1. The van der Waals surface area contributed by atoms with E-state index in [0.29, 0.717) is 12.0 Å². The summed E-state index contributed by atoms with van der Waals surface area (Å²) in [5, 5.41) is 2.60. The van der Waals surface area contributed by atoms with Crippen LogP contribution in [0.3, 0.4) is 0 Å². The van der Waals surface area contributed by atoms with Crippen LogP contribution in [-0.2, 0) is 20.6 Å². The van der Waals surface area contributed by atoms with E-state index >= 15 is 0 Å². The molecule has 0 unspecified atom stereocenters. The summed E-state index contributed by atoms with van der Waals surface area (Å²) in [6.07, 6.45) is -0.173. The predicted molar refractivity (Wildman–Crippen MR) is 84.9 cm³/mol. The lowest BCUT2D eigenvalue weighted by atomic mass is 10.1. The maximum absolute atomic E-state index is 11.6. The highest BCUT2D eigenvalue weighted by Gasteiger charge is 2.17. The number of pyridine rings is 1. The Morgan fingerprint density at radius 1 is 1.04 bits per heavy atom. The van der Waals surface area contributed by atoms with Crippen molar-refractivity contribution in [2.75, 3.05) is 20.8 Å². The van der Waals surface area contributed by atoms with Gasteiger partial charge in [-0.3, -0.25) is 0 Å². The first kappa shape index (κ1) is 19.4. The number of rotatable bonds is 5. The molecule has 1 aromatic heterocycles. The molecule has 1 rings (SSSR count). The maximum Gasteiger partial charge on any atom is 0.407 e. The zero-order valence-corrected chi connectivity index (χ0v) is 14.5. The van der Waals surface area contributed by atoms with Gasteiger partial charge in [-0.25, -0.2) is 19.4 Å². The number of hydrogen-bond donors (Lipinski definition) is 1. The molecular weight excluding hydrogens is 316 g/mol. The number of aromatic nitrogens is 1. The molecule has 0 aliphatic rings. The quantitative estimate of drug-likeness (QED) is 0.644. The molecule has 1 aromatic rings. The minimum atomic E-state index is -0.665. The molecule has 0 saturated heterocycles. The SMILES string of the molecule is COC(=O)c1cc(CCNC(=O)OC(C)(C)C)cc(C(=O)OC)n1. The minimum absolute atomic E-state index is 0.00679. The van der Waals surface area contributed by atoms with Gasteiger partial charge in [-0.05, 0) is 44.9 Å². The fourth-order valence-corrected chi connectivity index (χ4v) is 1.77. The Labute approximate surface area is 140 Å². The summed E-state index contributed by atoms with van der Waals surface area (Å²) in [6.45, 7) is 5.56. The zero-order chi connectivity index (χ0) is 18.3. The van der Waals surface area contributed by atoms with Gasteiger partial charge in [0.1, 0.15) is 17.0 Å². The molecule has 0 radical (unpaired) electrons. The number of ether oxygens (including phenoxy) is 3. The Kier molecular flexibility index (Phi) is 6.69. The summed E-state index contributed by atoms with van der Waals surface area (Å²) in [5.41, 5.74) is 0.0267.